The van der Waals surface area contributed by atoms with Crippen molar-refractivity contribution in [3.05, 3.63) is 0 Å². The molecule has 78 valence electrons. The Balaban J connectivity index is 4.41. The first-order chi connectivity index (χ1) is 5.75. The van der Waals surface area contributed by atoms with Gasteiger partial charge in [-0.1, -0.05) is 13.8 Å². The van der Waals surface area contributed by atoms with E-state index in [2.05, 4.69) is 5.32 Å². The minimum Gasteiger partial charge on any atom is -0.350 e. The first kappa shape index (κ1) is 12.4. The highest BCUT2D eigenvalue weighted by atomic mass is 16.2. The molecule has 0 saturated heterocycles. The van der Waals surface area contributed by atoms with E-state index in [-0.39, 0.29) is 11.4 Å². The Hall–Kier alpha value is -0.570. The van der Waals surface area contributed by atoms with Gasteiger partial charge in [-0.15, -0.1) is 0 Å². The Kier molecular flexibility index (Phi) is 3.91. The second-order valence-electron chi connectivity index (χ2n) is 4.57. The predicted octanol–water partition coefficient (Wildman–Crippen LogP) is 1.42. The molecule has 0 fully saturated rings. The van der Waals surface area contributed by atoms with Crippen molar-refractivity contribution >= 4 is 5.91 Å². The maximum Gasteiger partial charge on any atom is 0.240 e. The minimum atomic E-state index is -0.701. The topological polar surface area (TPSA) is 55.1 Å². The molecule has 0 aliphatic heterocycles. The molecule has 0 aliphatic carbocycles. The van der Waals surface area contributed by atoms with Crippen molar-refractivity contribution in [1.82, 2.24) is 5.32 Å². The zero-order valence-corrected chi connectivity index (χ0v) is 9.40. The summed E-state index contributed by atoms with van der Waals surface area (Å²) in [6.07, 6.45) is 1.34. The van der Waals surface area contributed by atoms with Gasteiger partial charge in [0, 0.05) is 5.54 Å². The van der Waals surface area contributed by atoms with Crippen LogP contribution in [-0.4, -0.2) is 17.0 Å². The maximum absolute atomic E-state index is 11.7. The molecule has 13 heavy (non-hydrogen) atoms. The van der Waals surface area contributed by atoms with Gasteiger partial charge in [-0.25, -0.2) is 0 Å². The number of nitrogens with one attached hydrogen (secondary N) is 1. The summed E-state index contributed by atoms with van der Waals surface area (Å²) in [5.74, 6) is -0.0509. The van der Waals surface area contributed by atoms with Crippen LogP contribution in [0.3, 0.4) is 0 Å². The third-order valence-corrected chi connectivity index (χ3v) is 2.20. The van der Waals surface area contributed by atoms with Crippen molar-refractivity contribution < 1.29 is 4.79 Å². The Morgan fingerprint density at radius 3 is 1.85 bits per heavy atom. The third kappa shape index (κ3) is 3.77. The van der Waals surface area contributed by atoms with E-state index in [9.17, 15) is 4.79 Å². The average Bonchev–Trinajstić information content (AvgIpc) is 2.00. The summed E-state index contributed by atoms with van der Waals surface area (Å²) in [7, 11) is 0. The SMILES string of the molecule is CCC(N)(CC)C(=O)NC(C)(C)C. The van der Waals surface area contributed by atoms with E-state index >= 15 is 0 Å². The van der Waals surface area contributed by atoms with Gasteiger partial charge in [0.15, 0.2) is 0 Å². The van der Waals surface area contributed by atoms with E-state index in [0.717, 1.165) is 0 Å². The Morgan fingerprint density at radius 1 is 1.23 bits per heavy atom. The molecule has 0 aliphatic rings. The first-order valence-corrected chi connectivity index (χ1v) is 4.86. The number of hydrogen-bond donors (Lipinski definition) is 2. The molecular formula is C10H22N2O. The molecular weight excluding hydrogens is 164 g/mol. The Bertz CT molecular complexity index is 178. The quantitative estimate of drug-likeness (QED) is 0.700. The van der Waals surface area contributed by atoms with E-state index in [1.54, 1.807) is 0 Å². The first-order valence-electron chi connectivity index (χ1n) is 4.86. The largest absolute Gasteiger partial charge is 0.350 e. The Labute approximate surface area is 81.1 Å². The highest BCUT2D eigenvalue weighted by Crippen LogP contribution is 2.13. The molecule has 3 N–H and O–H groups in total. The van der Waals surface area contributed by atoms with Crippen molar-refractivity contribution in [3.8, 4) is 0 Å². The lowest BCUT2D eigenvalue weighted by molar-refractivity contribution is -0.128. The van der Waals surface area contributed by atoms with E-state index in [1.807, 2.05) is 34.6 Å². The molecule has 0 atom stereocenters. The summed E-state index contributed by atoms with van der Waals surface area (Å²) in [5.41, 5.74) is 5.03. The normalized spacial score (nSPS) is 12.8. The molecule has 0 bridgehead atoms. The number of carbonyl (C=O) groups is 1. The van der Waals surface area contributed by atoms with Crippen LogP contribution in [0.2, 0.25) is 0 Å². The van der Waals surface area contributed by atoms with Crippen molar-refractivity contribution in [2.45, 2.75) is 58.5 Å². The monoisotopic (exact) mass is 186 g/mol. The van der Waals surface area contributed by atoms with Crippen LogP contribution in [-0.2, 0) is 4.79 Å². The summed E-state index contributed by atoms with van der Waals surface area (Å²) in [4.78, 5) is 11.7. The summed E-state index contributed by atoms with van der Waals surface area (Å²) in [6.45, 7) is 9.74. The second kappa shape index (κ2) is 4.09. The third-order valence-electron chi connectivity index (χ3n) is 2.20. The average molecular weight is 186 g/mol. The highest BCUT2D eigenvalue weighted by molar-refractivity contribution is 5.86. The molecule has 0 radical (unpaired) electrons. The lowest BCUT2D eigenvalue weighted by Crippen LogP contribution is -2.57. The predicted molar refractivity (Wildman–Crippen MR) is 55.4 cm³/mol. The van der Waals surface area contributed by atoms with Crippen LogP contribution in [0.15, 0.2) is 0 Å². The summed E-state index contributed by atoms with van der Waals surface area (Å²) in [6, 6.07) is 0. The lowest BCUT2D eigenvalue weighted by atomic mass is 9.92. The van der Waals surface area contributed by atoms with Gasteiger partial charge in [0.05, 0.1) is 5.54 Å². The van der Waals surface area contributed by atoms with Gasteiger partial charge >= 0.3 is 0 Å². The van der Waals surface area contributed by atoms with Gasteiger partial charge in [-0.2, -0.15) is 0 Å². The number of carbonyl (C=O) groups excluding carboxylic acids is 1. The zero-order valence-electron chi connectivity index (χ0n) is 9.40. The van der Waals surface area contributed by atoms with Crippen LogP contribution in [0.4, 0.5) is 0 Å². The summed E-state index contributed by atoms with van der Waals surface area (Å²) in [5, 5.41) is 2.90. The molecule has 0 rings (SSSR count). The molecule has 3 nitrogen and oxygen atoms in total. The van der Waals surface area contributed by atoms with E-state index in [0.29, 0.717) is 12.8 Å². The van der Waals surface area contributed by atoms with Crippen molar-refractivity contribution in [2.75, 3.05) is 0 Å². The van der Waals surface area contributed by atoms with E-state index in [1.165, 1.54) is 0 Å². The van der Waals surface area contributed by atoms with Gasteiger partial charge in [0.25, 0.3) is 0 Å². The fourth-order valence-electron chi connectivity index (χ4n) is 1.04. The summed E-state index contributed by atoms with van der Waals surface area (Å²) < 4.78 is 0. The van der Waals surface area contributed by atoms with Crippen LogP contribution in [0.25, 0.3) is 0 Å². The number of hydrogen-bond acceptors (Lipinski definition) is 2. The molecule has 3 heteroatoms. The fraction of sp³-hybridized carbons (Fsp3) is 0.900. The van der Waals surface area contributed by atoms with Crippen LogP contribution in [0, 0.1) is 0 Å². The van der Waals surface area contributed by atoms with Crippen LogP contribution >= 0.6 is 0 Å². The van der Waals surface area contributed by atoms with Crippen LogP contribution in [0.5, 0.6) is 0 Å². The van der Waals surface area contributed by atoms with Crippen molar-refractivity contribution in [1.29, 1.82) is 0 Å². The molecule has 0 heterocycles. The number of nitrogens with two attached hydrogens (primary N) is 1. The molecule has 1 amide bonds. The molecule has 0 saturated carbocycles. The van der Waals surface area contributed by atoms with Gasteiger partial charge in [0.1, 0.15) is 0 Å². The van der Waals surface area contributed by atoms with Gasteiger partial charge < -0.3 is 11.1 Å². The van der Waals surface area contributed by atoms with E-state index in [4.69, 9.17) is 5.73 Å². The van der Waals surface area contributed by atoms with Crippen molar-refractivity contribution in [2.24, 2.45) is 5.73 Å². The molecule has 0 spiro atoms. The number of rotatable bonds is 3. The van der Waals surface area contributed by atoms with Crippen LogP contribution in [0.1, 0.15) is 47.5 Å². The number of amides is 1. The Morgan fingerprint density at radius 2 is 1.62 bits per heavy atom. The van der Waals surface area contributed by atoms with Gasteiger partial charge in [0.2, 0.25) is 5.91 Å². The van der Waals surface area contributed by atoms with E-state index < -0.39 is 5.54 Å². The smallest absolute Gasteiger partial charge is 0.240 e. The second-order valence-corrected chi connectivity index (χ2v) is 4.57. The maximum atomic E-state index is 11.7. The van der Waals surface area contributed by atoms with Gasteiger partial charge in [-0.05, 0) is 33.6 Å². The van der Waals surface area contributed by atoms with Gasteiger partial charge in [-0.3, -0.25) is 4.79 Å². The zero-order chi connectivity index (χ0) is 10.7. The standard InChI is InChI=1S/C10H22N2O/c1-6-10(11,7-2)8(13)12-9(3,4)5/h6-7,11H2,1-5H3,(H,12,13). The molecule has 0 unspecified atom stereocenters. The molecule has 0 aromatic rings. The molecule has 0 aromatic carbocycles. The fourth-order valence-corrected chi connectivity index (χ4v) is 1.04. The van der Waals surface area contributed by atoms with Crippen LogP contribution < -0.4 is 11.1 Å². The highest BCUT2D eigenvalue weighted by Gasteiger charge is 2.31. The van der Waals surface area contributed by atoms with Crippen molar-refractivity contribution in [3.63, 3.8) is 0 Å². The molecule has 0 aromatic heterocycles. The minimum absolute atomic E-state index is 0.0509. The summed E-state index contributed by atoms with van der Waals surface area (Å²) >= 11 is 0. The lowest BCUT2D eigenvalue weighted by Gasteiger charge is -2.30.